The van der Waals surface area contributed by atoms with E-state index in [-0.39, 0.29) is 5.91 Å². The van der Waals surface area contributed by atoms with E-state index in [0.717, 1.165) is 23.4 Å². The molecule has 1 aliphatic rings. The Morgan fingerprint density at radius 3 is 2.69 bits per heavy atom. The van der Waals surface area contributed by atoms with Crippen LogP contribution in [0.25, 0.3) is 11.5 Å². The summed E-state index contributed by atoms with van der Waals surface area (Å²) in [6.07, 6.45) is 4.84. The molecule has 26 heavy (non-hydrogen) atoms. The molecule has 1 aliphatic carbocycles. The molecule has 4 nitrogen and oxygen atoms in total. The minimum Gasteiger partial charge on any atom is -0.441 e. The standard InChI is InChI=1S/C21H28N2O2S/c1-14-8-10-17(11-9-14)21-23-19(16(3)25-21)12-26-13-20(24)22-18-7-5-4-6-15(18)2/h8-11,15,18H,4-7,12-13H2,1-3H3,(H,22,24)/t15-,18-/m1/s1. The molecule has 0 spiro atoms. The Morgan fingerprint density at radius 1 is 1.23 bits per heavy atom. The highest BCUT2D eigenvalue weighted by Crippen LogP contribution is 2.25. The van der Waals surface area contributed by atoms with E-state index in [0.29, 0.717) is 29.4 Å². The van der Waals surface area contributed by atoms with Crippen molar-refractivity contribution in [3.05, 3.63) is 41.3 Å². The maximum atomic E-state index is 12.2. The molecular weight excluding hydrogens is 344 g/mol. The van der Waals surface area contributed by atoms with Crippen LogP contribution >= 0.6 is 11.8 Å². The highest BCUT2D eigenvalue weighted by molar-refractivity contribution is 7.99. The van der Waals surface area contributed by atoms with Crippen molar-refractivity contribution in [2.75, 3.05) is 5.75 Å². The third-order valence-electron chi connectivity index (χ3n) is 5.12. The second-order valence-electron chi connectivity index (χ2n) is 7.32. The molecule has 140 valence electrons. The van der Waals surface area contributed by atoms with Crippen LogP contribution in [0.2, 0.25) is 0 Å². The van der Waals surface area contributed by atoms with Crippen molar-refractivity contribution in [2.24, 2.45) is 5.92 Å². The molecule has 1 fully saturated rings. The Kier molecular flexibility index (Phi) is 6.41. The van der Waals surface area contributed by atoms with E-state index in [4.69, 9.17) is 4.42 Å². The first-order valence-corrected chi connectivity index (χ1v) is 10.6. The van der Waals surface area contributed by atoms with E-state index in [1.165, 1.54) is 24.8 Å². The molecule has 0 bridgehead atoms. The van der Waals surface area contributed by atoms with Gasteiger partial charge in [0.1, 0.15) is 5.76 Å². The summed E-state index contributed by atoms with van der Waals surface area (Å²) in [7, 11) is 0. The molecule has 3 rings (SSSR count). The average Bonchev–Trinajstić information content (AvgIpc) is 2.98. The van der Waals surface area contributed by atoms with Gasteiger partial charge in [-0.3, -0.25) is 4.79 Å². The first-order chi connectivity index (χ1) is 12.5. The zero-order valence-electron chi connectivity index (χ0n) is 15.9. The van der Waals surface area contributed by atoms with Crippen molar-refractivity contribution in [3.63, 3.8) is 0 Å². The van der Waals surface area contributed by atoms with Gasteiger partial charge >= 0.3 is 0 Å². The maximum absolute atomic E-state index is 12.2. The van der Waals surface area contributed by atoms with Gasteiger partial charge in [0.15, 0.2) is 0 Å². The van der Waals surface area contributed by atoms with Gasteiger partial charge in [-0.1, -0.05) is 37.5 Å². The number of thioether (sulfide) groups is 1. The van der Waals surface area contributed by atoms with E-state index in [9.17, 15) is 4.79 Å². The van der Waals surface area contributed by atoms with Crippen molar-refractivity contribution in [3.8, 4) is 11.5 Å². The van der Waals surface area contributed by atoms with Gasteiger partial charge in [-0.15, -0.1) is 11.8 Å². The Hall–Kier alpha value is -1.75. The first-order valence-electron chi connectivity index (χ1n) is 9.43. The minimum absolute atomic E-state index is 0.133. The number of nitrogens with one attached hydrogen (secondary N) is 1. The SMILES string of the molecule is Cc1ccc(-c2nc(CSCC(=O)N[C@@H]3CCCC[C@H]3C)c(C)o2)cc1. The van der Waals surface area contributed by atoms with Gasteiger partial charge in [0.25, 0.3) is 0 Å². The van der Waals surface area contributed by atoms with Gasteiger partial charge in [0.2, 0.25) is 11.8 Å². The third kappa shape index (κ3) is 4.91. The molecule has 0 aliphatic heterocycles. The molecule has 5 heteroatoms. The van der Waals surface area contributed by atoms with Crippen LogP contribution in [0.1, 0.15) is 49.6 Å². The summed E-state index contributed by atoms with van der Waals surface area (Å²) < 4.78 is 5.81. The minimum atomic E-state index is 0.133. The number of aromatic nitrogens is 1. The van der Waals surface area contributed by atoms with Crippen LogP contribution in [-0.4, -0.2) is 22.7 Å². The Morgan fingerprint density at radius 2 is 1.96 bits per heavy atom. The van der Waals surface area contributed by atoms with E-state index in [1.54, 1.807) is 11.8 Å². The number of hydrogen-bond acceptors (Lipinski definition) is 4. The molecule has 1 N–H and O–H groups in total. The number of aryl methyl sites for hydroxylation is 2. The molecule has 0 saturated heterocycles. The van der Waals surface area contributed by atoms with Crippen molar-refractivity contribution in [1.82, 2.24) is 10.3 Å². The van der Waals surface area contributed by atoms with E-state index in [1.807, 2.05) is 19.1 Å². The van der Waals surface area contributed by atoms with Gasteiger partial charge in [-0.05, 0) is 44.7 Å². The average molecular weight is 373 g/mol. The lowest BCUT2D eigenvalue weighted by Crippen LogP contribution is -2.41. The third-order valence-corrected chi connectivity index (χ3v) is 6.06. The summed E-state index contributed by atoms with van der Waals surface area (Å²) in [4.78, 5) is 16.8. The predicted octanol–water partition coefficient (Wildman–Crippen LogP) is 4.89. The summed E-state index contributed by atoms with van der Waals surface area (Å²) in [5.74, 6) is 3.36. The lowest BCUT2D eigenvalue weighted by Gasteiger charge is -2.29. The van der Waals surface area contributed by atoms with Crippen LogP contribution in [0.4, 0.5) is 0 Å². The monoisotopic (exact) mass is 372 g/mol. The zero-order valence-corrected chi connectivity index (χ0v) is 16.7. The van der Waals surface area contributed by atoms with Crippen LogP contribution in [-0.2, 0) is 10.5 Å². The summed E-state index contributed by atoms with van der Waals surface area (Å²) in [5, 5.41) is 3.20. The summed E-state index contributed by atoms with van der Waals surface area (Å²) >= 11 is 1.59. The fraction of sp³-hybridized carbons (Fsp3) is 0.524. The van der Waals surface area contributed by atoms with Gasteiger partial charge < -0.3 is 9.73 Å². The quantitative estimate of drug-likeness (QED) is 0.785. The molecule has 0 radical (unpaired) electrons. The number of nitrogens with zero attached hydrogens (tertiary/aromatic N) is 1. The Bertz CT molecular complexity index is 739. The summed E-state index contributed by atoms with van der Waals surface area (Å²) in [6, 6.07) is 8.51. The van der Waals surface area contributed by atoms with Crippen molar-refractivity contribution in [2.45, 2.75) is 58.2 Å². The number of rotatable bonds is 6. The molecule has 2 atom stereocenters. The van der Waals surface area contributed by atoms with Gasteiger partial charge in [0, 0.05) is 17.4 Å². The van der Waals surface area contributed by atoms with Gasteiger partial charge in [-0.2, -0.15) is 0 Å². The van der Waals surface area contributed by atoms with Crippen molar-refractivity contribution < 1.29 is 9.21 Å². The second-order valence-corrected chi connectivity index (χ2v) is 8.30. The number of hydrogen-bond donors (Lipinski definition) is 1. The molecule has 1 amide bonds. The molecular formula is C21H28N2O2S. The largest absolute Gasteiger partial charge is 0.441 e. The Labute approximate surface area is 160 Å². The molecule has 0 unspecified atom stereocenters. The van der Waals surface area contributed by atoms with Crippen molar-refractivity contribution in [1.29, 1.82) is 0 Å². The molecule has 1 saturated carbocycles. The van der Waals surface area contributed by atoms with E-state index >= 15 is 0 Å². The fourth-order valence-corrected chi connectivity index (χ4v) is 4.23. The van der Waals surface area contributed by atoms with Crippen LogP contribution in [0.3, 0.4) is 0 Å². The molecule has 1 heterocycles. The van der Waals surface area contributed by atoms with Crippen LogP contribution < -0.4 is 5.32 Å². The number of carbonyl (C=O) groups excluding carboxylic acids is 1. The highest BCUT2D eigenvalue weighted by Gasteiger charge is 2.22. The van der Waals surface area contributed by atoms with Crippen LogP contribution in [0.5, 0.6) is 0 Å². The number of benzene rings is 1. The summed E-state index contributed by atoms with van der Waals surface area (Å²) in [5.41, 5.74) is 3.12. The number of amides is 1. The maximum Gasteiger partial charge on any atom is 0.230 e. The van der Waals surface area contributed by atoms with E-state index < -0.39 is 0 Å². The first kappa shape index (κ1) is 19.0. The lowest BCUT2D eigenvalue weighted by molar-refractivity contribution is -0.119. The molecule has 2 aromatic rings. The zero-order chi connectivity index (χ0) is 18.5. The summed E-state index contributed by atoms with van der Waals surface area (Å²) in [6.45, 7) is 6.23. The van der Waals surface area contributed by atoms with E-state index in [2.05, 4.69) is 36.3 Å². The van der Waals surface area contributed by atoms with Crippen molar-refractivity contribution >= 4 is 17.7 Å². The lowest BCUT2D eigenvalue weighted by atomic mass is 9.86. The van der Waals surface area contributed by atoms with Gasteiger partial charge in [0.05, 0.1) is 11.4 Å². The molecule has 1 aromatic carbocycles. The van der Waals surface area contributed by atoms with Gasteiger partial charge in [-0.25, -0.2) is 4.98 Å². The van der Waals surface area contributed by atoms with Crippen LogP contribution in [0.15, 0.2) is 28.7 Å². The second kappa shape index (κ2) is 8.76. The Balaban J connectivity index is 1.50. The smallest absolute Gasteiger partial charge is 0.230 e. The van der Waals surface area contributed by atoms with Crippen LogP contribution in [0, 0.1) is 19.8 Å². The topological polar surface area (TPSA) is 55.1 Å². The normalized spacial score (nSPS) is 20.1. The number of carbonyl (C=O) groups is 1. The molecule has 1 aromatic heterocycles. The number of oxazole rings is 1. The fourth-order valence-electron chi connectivity index (χ4n) is 3.40. The highest BCUT2D eigenvalue weighted by atomic mass is 32.2. The predicted molar refractivity (Wildman–Crippen MR) is 107 cm³/mol.